The van der Waals surface area contributed by atoms with Crippen LogP contribution in [0.1, 0.15) is 52.0 Å². The number of nitrogens with zero attached hydrogens (tertiary/aromatic N) is 2. The van der Waals surface area contributed by atoms with Gasteiger partial charge < -0.3 is 33.9 Å². The number of carbonyl (C=O) groups is 2. The minimum absolute atomic E-state index is 0.0176. The molecular weight excluding hydrogens is 626 g/mol. The van der Waals surface area contributed by atoms with Gasteiger partial charge in [-0.15, -0.1) is 0 Å². The first-order valence-corrected chi connectivity index (χ1v) is 15.7. The number of hydrogen-bond acceptors (Lipinski definition) is 7. The van der Waals surface area contributed by atoms with Crippen molar-refractivity contribution in [1.82, 2.24) is 4.90 Å². The van der Waals surface area contributed by atoms with Crippen LogP contribution in [0.4, 0.5) is 10.1 Å². The number of ether oxygens (including phenoxy) is 4. The lowest BCUT2D eigenvalue weighted by molar-refractivity contribution is 0.0515. The maximum Gasteiger partial charge on any atom is 0.337 e. The van der Waals surface area contributed by atoms with Crippen LogP contribution in [0.5, 0.6) is 11.5 Å². The summed E-state index contributed by atoms with van der Waals surface area (Å²) in [5.74, 6) is -1.42. The molecule has 4 aliphatic heterocycles. The minimum atomic E-state index is -1.19. The van der Waals surface area contributed by atoms with Crippen LogP contribution in [0.3, 0.4) is 0 Å². The van der Waals surface area contributed by atoms with E-state index in [-0.39, 0.29) is 58.2 Å². The fraction of sp³-hybridized carbons (Fsp3) is 0.394. The van der Waals surface area contributed by atoms with Crippen molar-refractivity contribution in [3.8, 4) is 22.6 Å². The second-order valence-electron chi connectivity index (χ2n) is 11.8. The molecule has 0 saturated carbocycles. The van der Waals surface area contributed by atoms with E-state index in [1.807, 2.05) is 0 Å². The van der Waals surface area contributed by atoms with Crippen LogP contribution in [-0.2, 0) is 16.0 Å². The first-order valence-electron chi connectivity index (χ1n) is 15.0. The Kier molecular flexibility index (Phi) is 8.24. The number of hydrogen-bond donors (Lipinski definition) is 1. The Morgan fingerprint density at radius 1 is 1.02 bits per heavy atom. The summed E-state index contributed by atoms with van der Waals surface area (Å²) >= 11 is 13.1. The zero-order chi connectivity index (χ0) is 31.2. The Hall–Kier alpha value is -3.57. The van der Waals surface area contributed by atoms with E-state index in [9.17, 15) is 14.7 Å². The van der Waals surface area contributed by atoms with Crippen LogP contribution in [0, 0.1) is 5.82 Å². The fourth-order valence-electron chi connectivity index (χ4n) is 6.75. The van der Waals surface area contributed by atoms with Gasteiger partial charge in [0.2, 0.25) is 0 Å². The lowest BCUT2D eigenvalue weighted by atomic mass is 9.96. The summed E-state index contributed by atoms with van der Waals surface area (Å²) < 4.78 is 38.8. The molecule has 3 fully saturated rings. The maximum absolute atomic E-state index is 15.6. The number of carbonyl (C=O) groups excluding carboxylic acids is 1. The first kappa shape index (κ1) is 30.1. The van der Waals surface area contributed by atoms with Crippen LogP contribution in [-0.4, -0.2) is 73.2 Å². The van der Waals surface area contributed by atoms with Crippen molar-refractivity contribution in [3.63, 3.8) is 0 Å². The van der Waals surface area contributed by atoms with Gasteiger partial charge in [-0.2, -0.15) is 0 Å². The Labute approximate surface area is 269 Å². The normalized spacial score (nSPS) is 22.2. The summed E-state index contributed by atoms with van der Waals surface area (Å²) in [5, 5.41) is 10.3. The molecule has 3 aromatic rings. The Balaban J connectivity index is 1.15. The molecule has 45 heavy (non-hydrogen) atoms. The van der Waals surface area contributed by atoms with Gasteiger partial charge in [0.15, 0.2) is 6.73 Å². The third-order valence-corrected chi connectivity index (χ3v) is 9.52. The number of benzene rings is 3. The van der Waals surface area contributed by atoms with Crippen LogP contribution >= 0.6 is 23.2 Å². The van der Waals surface area contributed by atoms with Gasteiger partial charge in [0.05, 0.1) is 64.8 Å². The average Bonchev–Trinajstić information content (AvgIpc) is 3.63. The summed E-state index contributed by atoms with van der Waals surface area (Å²) in [5.41, 5.74) is 1.86. The van der Waals surface area contributed by atoms with Crippen molar-refractivity contribution < 1.29 is 38.0 Å². The van der Waals surface area contributed by atoms with E-state index < -0.39 is 17.7 Å². The molecular formula is C33H31Cl2FN2O7. The zero-order valence-electron chi connectivity index (χ0n) is 24.3. The quantitative estimate of drug-likeness (QED) is 0.311. The third kappa shape index (κ3) is 5.69. The smallest absolute Gasteiger partial charge is 0.337 e. The van der Waals surface area contributed by atoms with Gasteiger partial charge in [-0.1, -0.05) is 41.4 Å². The highest BCUT2D eigenvalue weighted by atomic mass is 35.5. The molecule has 7 rings (SSSR count). The monoisotopic (exact) mass is 656 g/mol. The second-order valence-corrected chi connectivity index (χ2v) is 12.6. The summed E-state index contributed by atoms with van der Waals surface area (Å²) in [6.45, 7) is 2.12. The van der Waals surface area contributed by atoms with Crippen LogP contribution in [0.15, 0.2) is 42.5 Å². The summed E-state index contributed by atoms with van der Waals surface area (Å²) in [6.07, 6.45) is 3.69. The molecule has 4 heterocycles. The van der Waals surface area contributed by atoms with Crippen molar-refractivity contribution in [2.45, 2.75) is 50.4 Å². The molecule has 4 aliphatic rings. The molecule has 236 valence electrons. The standard InChI is InChI=1S/C33H31Cl2FN2O7/c34-26-9-22(44-16-21-4-2-8-43-21)10-27(35)30(26)32(39)37-13-18-3-1-5-23(31(18)45-17-37)24-12-29(25(33(40)41)11-28(24)36)38-19-6-7-20(38)15-42-14-19/h1,3,5,9-12,19-21H,2,4,6-8,13-17H2,(H,40,41). The Bertz CT molecular complexity index is 1630. The number of amides is 1. The molecule has 0 radical (unpaired) electrons. The van der Waals surface area contributed by atoms with Gasteiger partial charge >= 0.3 is 5.97 Å². The van der Waals surface area contributed by atoms with E-state index in [1.165, 1.54) is 4.90 Å². The van der Waals surface area contributed by atoms with Gasteiger partial charge in [0, 0.05) is 23.3 Å². The lowest BCUT2D eigenvalue weighted by Gasteiger charge is -2.37. The number of fused-ring (bicyclic) bond motifs is 3. The molecule has 0 aromatic heterocycles. The number of morpholine rings is 1. The molecule has 0 aliphatic carbocycles. The van der Waals surface area contributed by atoms with E-state index in [4.69, 9.17) is 42.1 Å². The molecule has 3 saturated heterocycles. The van der Waals surface area contributed by atoms with Crippen molar-refractivity contribution >= 4 is 40.8 Å². The topological polar surface area (TPSA) is 97.8 Å². The predicted molar refractivity (Wildman–Crippen MR) is 165 cm³/mol. The van der Waals surface area contributed by atoms with Crippen LogP contribution < -0.4 is 14.4 Å². The van der Waals surface area contributed by atoms with Gasteiger partial charge in [-0.25, -0.2) is 9.18 Å². The summed E-state index contributed by atoms with van der Waals surface area (Å²) in [7, 11) is 0. The van der Waals surface area contributed by atoms with Crippen LogP contribution in [0.25, 0.3) is 11.1 Å². The molecule has 12 heteroatoms. The van der Waals surface area contributed by atoms with E-state index in [0.29, 0.717) is 54.7 Å². The molecule has 9 nitrogen and oxygen atoms in total. The second kappa shape index (κ2) is 12.3. The van der Waals surface area contributed by atoms with Crippen molar-refractivity contribution in [2.75, 3.05) is 38.1 Å². The zero-order valence-corrected chi connectivity index (χ0v) is 25.8. The van der Waals surface area contributed by atoms with Gasteiger partial charge in [0.1, 0.15) is 23.9 Å². The third-order valence-electron chi connectivity index (χ3n) is 8.92. The maximum atomic E-state index is 15.6. The molecule has 3 aromatic carbocycles. The van der Waals surface area contributed by atoms with Gasteiger partial charge in [-0.05, 0) is 49.9 Å². The predicted octanol–water partition coefficient (Wildman–Crippen LogP) is 6.42. The van der Waals surface area contributed by atoms with E-state index in [1.54, 1.807) is 36.4 Å². The van der Waals surface area contributed by atoms with E-state index in [0.717, 1.165) is 31.7 Å². The number of carboxylic acid groups (broad SMARTS) is 1. The van der Waals surface area contributed by atoms with E-state index in [2.05, 4.69) is 4.90 Å². The Morgan fingerprint density at radius 2 is 1.78 bits per heavy atom. The number of para-hydroxylation sites is 1. The fourth-order valence-corrected chi connectivity index (χ4v) is 7.38. The van der Waals surface area contributed by atoms with Gasteiger partial charge in [0.25, 0.3) is 5.91 Å². The molecule has 3 unspecified atom stereocenters. The molecule has 0 spiro atoms. The number of anilines is 1. The number of carboxylic acids is 1. The first-order chi connectivity index (χ1) is 21.8. The highest BCUT2D eigenvalue weighted by Crippen LogP contribution is 2.43. The van der Waals surface area contributed by atoms with E-state index >= 15 is 4.39 Å². The van der Waals surface area contributed by atoms with Crippen molar-refractivity contribution in [2.24, 2.45) is 0 Å². The highest BCUT2D eigenvalue weighted by molar-refractivity contribution is 6.39. The molecule has 3 atom stereocenters. The number of aromatic carboxylic acids is 1. The molecule has 2 bridgehead atoms. The SMILES string of the molecule is O=C(O)c1cc(F)c(-c2cccc3c2OCN(C(=O)c2c(Cl)cc(OCC4CCCO4)cc2Cl)C3)cc1N1C2CCC1COC2. The average molecular weight is 658 g/mol. The minimum Gasteiger partial charge on any atom is -0.491 e. The number of rotatable bonds is 7. The lowest BCUT2D eigenvalue weighted by Crippen LogP contribution is -2.46. The van der Waals surface area contributed by atoms with Crippen molar-refractivity contribution in [1.29, 1.82) is 0 Å². The molecule has 1 amide bonds. The molecule has 1 N–H and O–H groups in total. The summed E-state index contributed by atoms with van der Waals surface area (Å²) in [4.78, 5) is 29.3. The van der Waals surface area contributed by atoms with Crippen LogP contribution in [0.2, 0.25) is 10.0 Å². The highest BCUT2D eigenvalue weighted by Gasteiger charge is 2.40. The summed E-state index contributed by atoms with van der Waals surface area (Å²) in [6, 6.07) is 11.2. The van der Waals surface area contributed by atoms with Gasteiger partial charge in [-0.3, -0.25) is 4.79 Å². The Morgan fingerprint density at radius 3 is 2.47 bits per heavy atom. The largest absolute Gasteiger partial charge is 0.491 e. The van der Waals surface area contributed by atoms with Crippen molar-refractivity contribution in [3.05, 3.63) is 75.0 Å². The number of halogens is 3.